The molecular weight excluding hydrogens is 194 g/mol. The van der Waals surface area contributed by atoms with Crippen molar-refractivity contribution in [1.29, 1.82) is 0 Å². The van der Waals surface area contributed by atoms with Gasteiger partial charge in [0.2, 0.25) is 0 Å². The van der Waals surface area contributed by atoms with E-state index in [0.717, 1.165) is 17.8 Å². The van der Waals surface area contributed by atoms with Gasteiger partial charge in [-0.1, -0.05) is 53.4 Å². The van der Waals surface area contributed by atoms with E-state index in [1.165, 1.54) is 44.9 Å². The lowest BCUT2D eigenvalue weighted by Crippen LogP contribution is -2.52. The van der Waals surface area contributed by atoms with Crippen LogP contribution in [0.4, 0.5) is 0 Å². The molecular formula is C15H31N. The topological polar surface area (TPSA) is 26.0 Å². The minimum absolute atomic E-state index is 0.140. The molecule has 3 atom stereocenters. The number of hydrogen-bond acceptors (Lipinski definition) is 1. The first-order valence-electron chi connectivity index (χ1n) is 7.28. The second kappa shape index (κ2) is 6.05. The number of nitrogens with two attached hydrogens (primary N) is 1. The maximum Gasteiger partial charge on any atom is 0.0187 e. The molecule has 0 amide bonds. The molecule has 16 heavy (non-hydrogen) atoms. The monoisotopic (exact) mass is 225 g/mol. The van der Waals surface area contributed by atoms with Gasteiger partial charge in [0.05, 0.1) is 0 Å². The maximum absolute atomic E-state index is 6.74. The highest BCUT2D eigenvalue weighted by Gasteiger charge is 2.40. The number of hydrogen-bond donors (Lipinski definition) is 1. The van der Waals surface area contributed by atoms with Crippen molar-refractivity contribution < 1.29 is 0 Å². The molecule has 1 nitrogen and oxygen atoms in total. The molecule has 2 N–H and O–H groups in total. The van der Waals surface area contributed by atoms with Gasteiger partial charge in [-0.3, -0.25) is 0 Å². The number of rotatable bonds is 5. The molecule has 0 aromatic rings. The largest absolute Gasteiger partial charge is 0.325 e. The van der Waals surface area contributed by atoms with Crippen LogP contribution in [-0.4, -0.2) is 5.54 Å². The standard InChI is InChI=1S/C15H31N/c1-5-6-7-10-15(16)11-13(4)8-9-14(15)12(2)3/h12-14H,5-11,16H2,1-4H3. The van der Waals surface area contributed by atoms with Gasteiger partial charge in [-0.25, -0.2) is 0 Å². The van der Waals surface area contributed by atoms with Crippen LogP contribution in [-0.2, 0) is 0 Å². The van der Waals surface area contributed by atoms with E-state index in [2.05, 4.69) is 27.7 Å². The van der Waals surface area contributed by atoms with Crippen molar-refractivity contribution in [2.75, 3.05) is 0 Å². The maximum atomic E-state index is 6.74. The molecule has 0 radical (unpaired) electrons. The first kappa shape index (κ1) is 14.0. The highest BCUT2D eigenvalue weighted by Crippen LogP contribution is 2.42. The first-order chi connectivity index (χ1) is 7.49. The average molecular weight is 225 g/mol. The van der Waals surface area contributed by atoms with Crippen LogP contribution < -0.4 is 5.73 Å². The molecule has 1 fully saturated rings. The van der Waals surface area contributed by atoms with Crippen molar-refractivity contribution in [3.05, 3.63) is 0 Å². The SMILES string of the molecule is CCCCCC1(N)CC(C)CCC1C(C)C. The van der Waals surface area contributed by atoms with E-state index in [4.69, 9.17) is 5.73 Å². The summed E-state index contributed by atoms with van der Waals surface area (Å²) in [5.74, 6) is 2.33. The Kier molecular flexibility index (Phi) is 5.30. The van der Waals surface area contributed by atoms with Crippen LogP contribution in [0.3, 0.4) is 0 Å². The Balaban J connectivity index is 2.60. The van der Waals surface area contributed by atoms with Crippen LogP contribution in [0, 0.1) is 17.8 Å². The summed E-state index contributed by atoms with van der Waals surface area (Å²) in [6, 6.07) is 0. The van der Waals surface area contributed by atoms with Crippen molar-refractivity contribution >= 4 is 0 Å². The first-order valence-corrected chi connectivity index (χ1v) is 7.28. The Morgan fingerprint density at radius 3 is 2.50 bits per heavy atom. The Labute approximate surface area is 102 Å². The van der Waals surface area contributed by atoms with Gasteiger partial charge >= 0.3 is 0 Å². The molecule has 1 heteroatoms. The van der Waals surface area contributed by atoms with Crippen LogP contribution in [0.2, 0.25) is 0 Å². The zero-order valence-corrected chi connectivity index (χ0v) is 11.8. The summed E-state index contributed by atoms with van der Waals surface area (Å²) >= 11 is 0. The fourth-order valence-electron chi connectivity index (χ4n) is 3.64. The van der Waals surface area contributed by atoms with Crippen molar-refractivity contribution in [3.63, 3.8) is 0 Å². The van der Waals surface area contributed by atoms with E-state index in [9.17, 15) is 0 Å². The van der Waals surface area contributed by atoms with E-state index >= 15 is 0 Å². The molecule has 0 aromatic heterocycles. The minimum atomic E-state index is 0.140. The Bertz CT molecular complexity index is 200. The average Bonchev–Trinajstić information content (AvgIpc) is 2.16. The second-order valence-corrected chi connectivity index (χ2v) is 6.43. The van der Waals surface area contributed by atoms with E-state index < -0.39 is 0 Å². The van der Waals surface area contributed by atoms with E-state index in [1.807, 2.05) is 0 Å². The minimum Gasteiger partial charge on any atom is -0.325 e. The van der Waals surface area contributed by atoms with Gasteiger partial charge in [-0.15, -0.1) is 0 Å². The predicted molar refractivity (Wildman–Crippen MR) is 72.4 cm³/mol. The van der Waals surface area contributed by atoms with Crippen molar-refractivity contribution in [2.45, 2.75) is 78.2 Å². The third-order valence-corrected chi connectivity index (χ3v) is 4.49. The second-order valence-electron chi connectivity index (χ2n) is 6.43. The summed E-state index contributed by atoms with van der Waals surface area (Å²) < 4.78 is 0. The van der Waals surface area contributed by atoms with E-state index in [-0.39, 0.29) is 5.54 Å². The highest BCUT2D eigenvalue weighted by molar-refractivity contribution is 4.97. The molecule has 0 saturated heterocycles. The van der Waals surface area contributed by atoms with Gasteiger partial charge < -0.3 is 5.73 Å². The smallest absolute Gasteiger partial charge is 0.0187 e. The summed E-state index contributed by atoms with van der Waals surface area (Å²) in [5, 5.41) is 0. The Hall–Kier alpha value is -0.0400. The third kappa shape index (κ3) is 3.48. The molecule has 0 heterocycles. The fourth-order valence-corrected chi connectivity index (χ4v) is 3.64. The summed E-state index contributed by atoms with van der Waals surface area (Å²) in [6.45, 7) is 9.34. The molecule has 0 bridgehead atoms. The zero-order valence-electron chi connectivity index (χ0n) is 11.8. The van der Waals surface area contributed by atoms with Crippen LogP contribution in [0.25, 0.3) is 0 Å². The molecule has 0 spiro atoms. The summed E-state index contributed by atoms with van der Waals surface area (Å²) in [7, 11) is 0. The van der Waals surface area contributed by atoms with Gasteiger partial charge in [0.1, 0.15) is 0 Å². The Morgan fingerprint density at radius 2 is 1.94 bits per heavy atom. The van der Waals surface area contributed by atoms with E-state index in [1.54, 1.807) is 0 Å². The fraction of sp³-hybridized carbons (Fsp3) is 1.00. The highest BCUT2D eigenvalue weighted by atomic mass is 14.8. The van der Waals surface area contributed by atoms with Gasteiger partial charge in [0, 0.05) is 5.54 Å². The summed E-state index contributed by atoms with van der Waals surface area (Å²) in [6.07, 6.45) is 9.20. The van der Waals surface area contributed by atoms with Gasteiger partial charge in [-0.2, -0.15) is 0 Å². The van der Waals surface area contributed by atoms with Crippen LogP contribution >= 0.6 is 0 Å². The van der Waals surface area contributed by atoms with Gasteiger partial charge in [0.15, 0.2) is 0 Å². The van der Waals surface area contributed by atoms with Crippen LogP contribution in [0.1, 0.15) is 72.6 Å². The molecule has 1 aliphatic carbocycles. The molecule has 96 valence electrons. The van der Waals surface area contributed by atoms with Crippen molar-refractivity contribution in [1.82, 2.24) is 0 Å². The Morgan fingerprint density at radius 1 is 1.25 bits per heavy atom. The molecule has 3 unspecified atom stereocenters. The lowest BCUT2D eigenvalue weighted by molar-refractivity contribution is 0.0989. The number of unbranched alkanes of at least 4 members (excludes halogenated alkanes) is 2. The molecule has 1 rings (SSSR count). The molecule has 0 aliphatic heterocycles. The van der Waals surface area contributed by atoms with Crippen LogP contribution in [0.15, 0.2) is 0 Å². The van der Waals surface area contributed by atoms with E-state index in [0.29, 0.717) is 0 Å². The lowest BCUT2D eigenvalue weighted by atomic mass is 9.63. The molecule has 0 aromatic carbocycles. The lowest BCUT2D eigenvalue weighted by Gasteiger charge is -2.46. The predicted octanol–water partition coefficient (Wildman–Crippen LogP) is 4.36. The summed E-state index contributed by atoms with van der Waals surface area (Å²) in [4.78, 5) is 0. The van der Waals surface area contributed by atoms with Crippen LogP contribution in [0.5, 0.6) is 0 Å². The normalized spacial score (nSPS) is 35.6. The van der Waals surface area contributed by atoms with Gasteiger partial charge in [0.25, 0.3) is 0 Å². The third-order valence-electron chi connectivity index (χ3n) is 4.49. The zero-order chi connectivity index (χ0) is 12.2. The molecule has 1 saturated carbocycles. The van der Waals surface area contributed by atoms with Crippen molar-refractivity contribution in [3.8, 4) is 0 Å². The van der Waals surface area contributed by atoms with Crippen molar-refractivity contribution in [2.24, 2.45) is 23.5 Å². The summed E-state index contributed by atoms with van der Waals surface area (Å²) in [5.41, 5.74) is 6.88. The quantitative estimate of drug-likeness (QED) is 0.691. The molecule has 1 aliphatic rings. The van der Waals surface area contributed by atoms with Gasteiger partial charge in [-0.05, 0) is 37.0 Å².